The summed E-state index contributed by atoms with van der Waals surface area (Å²) in [6.07, 6.45) is 1.41. The van der Waals surface area contributed by atoms with Crippen LogP contribution in [0.1, 0.15) is 31.8 Å². The predicted molar refractivity (Wildman–Crippen MR) is 149 cm³/mol. The number of hydrogen-bond donors (Lipinski definition) is 3. The molecule has 3 aromatic carbocycles. The van der Waals surface area contributed by atoms with Crippen molar-refractivity contribution in [3.05, 3.63) is 99.3 Å². The zero-order valence-electron chi connectivity index (χ0n) is 20.8. The normalized spacial score (nSPS) is 13.9. The van der Waals surface area contributed by atoms with Gasteiger partial charge in [0.2, 0.25) is 0 Å². The second kappa shape index (κ2) is 13.9. The van der Waals surface area contributed by atoms with Crippen LogP contribution in [0.4, 0.5) is 10.1 Å². The fraction of sp³-hybridized carbons (Fsp3) is 0.250. The third-order valence-electron chi connectivity index (χ3n) is 5.98. The van der Waals surface area contributed by atoms with Crippen molar-refractivity contribution in [1.29, 1.82) is 0 Å². The largest absolute Gasteiger partial charge is 0.379 e. The number of nitrogens with one attached hydrogen (secondary N) is 3. The van der Waals surface area contributed by atoms with Gasteiger partial charge in [0.25, 0.3) is 11.8 Å². The van der Waals surface area contributed by atoms with E-state index in [1.165, 1.54) is 18.3 Å². The van der Waals surface area contributed by atoms with Crippen molar-refractivity contribution in [3.8, 4) is 0 Å². The van der Waals surface area contributed by atoms with Crippen LogP contribution in [0.15, 0.2) is 76.3 Å². The van der Waals surface area contributed by atoms with Crippen molar-refractivity contribution in [2.24, 2.45) is 5.10 Å². The summed E-state index contributed by atoms with van der Waals surface area (Å²) in [5, 5.41) is 10.2. The van der Waals surface area contributed by atoms with E-state index < -0.39 is 5.91 Å². The van der Waals surface area contributed by atoms with E-state index in [0.29, 0.717) is 27.8 Å². The molecule has 1 aliphatic rings. The molecule has 1 aliphatic heterocycles. The van der Waals surface area contributed by atoms with Crippen LogP contribution < -0.4 is 16.1 Å². The Bertz CT molecular complexity index is 1260. The topological polar surface area (TPSA) is 95.1 Å². The first-order chi connectivity index (χ1) is 18.5. The summed E-state index contributed by atoms with van der Waals surface area (Å²) in [4.78, 5) is 28.1. The van der Waals surface area contributed by atoms with Crippen LogP contribution in [-0.4, -0.2) is 62.3 Å². The van der Waals surface area contributed by atoms with Gasteiger partial charge in [-0.2, -0.15) is 5.10 Å². The highest BCUT2D eigenvalue weighted by atomic mass is 79.9. The molecule has 198 valence electrons. The van der Waals surface area contributed by atoms with Gasteiger partial charge in [-0.25, -0.2) is 9.82 Å². The molecule has 0 bridgehead atoms. The first-order valence-electron chi connectivity index (χ1n) is 12.3. The van der Waals surface area contributed by atoms with Crippen LogP contribution in [0, 0.1) is 5.82 Å². The number of carbonyl (C=O) groups excluding carboxylic acids is 2. The molecule has 1 saturated heterocycles. The van der Waals surface area contributed by atoms with E-state index in [-0.39, 0.29) is 17.3 Å². The van der Waals surface area contributed by atoms with Crippen molar-refractivity contribution < 1.29 is 18.7 Å². The van der Waals surface area contributed by atoms with Crippen molar-refractivity contribution >= 4 is 39.6 Å². The van der Waals surface area contributed by atoms with Gasteiger partial charge in [0.1, 0.15) is 5.82 Å². The van der Waals surface area contributed by atoms with Crippen LogP contribution in [0.25, 0.3) is 0 Å². The minimum absolute atomic E-state index is 0.241. The van der Waals surface area contributed by atoms with Crippen LogP contribution in [-0.2, 0) is 11.3 Å². The van der Waals surface area contributed by atoms with Gasteiger partial charge in [-0.05, 0) is 53.6 Å². The van der Waals surface area contributed by atoms with Gasteiger partial charge in [-0.1, -0.05) is 40.2 Å². The molecule has 4 rings (SSSR count). The highest BCUT2D eigenvalue weighted by Gasteiger charge is 2.15. The number of halogens is 2. The molecule has 0 radical (unpaired) electrons. The Morgan fingerprint density at radius 1 is 1.00 bits per heavy atom. The lowest BCUT2D eigenvalue weighted by atomic mass is 10.1. The number of hydrazone groups is 1. The third-order valence-corrected chi connectivity index (χ3v) is 6.47. The molecular weight excluding hydrogens is 553 g/mol. The number of ether oxygens (including phenoxy) is 1. The van der Waals surface area contributed by atoms with Crippen molar-refractivity contribution in [2.45, 2.75) is 6.54 Å². The van der Waals surface area contributed by atoms with Crippen molar-refractivity contribution in [3.63, 3.8) is 0 Å². The van der Waals surface area contributed by atoms with E-state index >= 15 is 0 Å². The Morgan fingerprint density at radius 2 is 1.74 bits per heavy atom. The molecule has 8 nitrogen and oxygen atoms in total. The lowest BCUT2D eigenvalue weighted by Gasteiger charge is -2.26. The number of morpholine rings is 1. The van der Waals surface area contributed by atoms with E-state index in [1.807, 2.05) is 12.1 Å². The Hall–Kier alpha value is -3.44. The lowest BCUT2D eigenvalue weighted by Crippen LogP contribution is -2.40. The molecule has 0 aromatic heterocycles. The summed E-state index contributed by atoms with van der Waals surface area (Å²) in [7, 11) is 0. The maximum atomic E-state index is 13.0. The molecule has 1 fully saturated rings. The number of carbonyl (C=O) groups is 2. The zero-order chi connectivity index (χ0) is 26.7. The molecular formula is C28H29BrFN5O3. The van der Waals surface area contributed by atoms with Crippen molar-refractivity contribution in [1.82, 2.24) is 15.6 Å². The Balaban J connectivity index is 1.31. The maximum Gasteiger partial charge on any atom is 0.273 e. The maximum absolute atomic E-state index is 13.0. The molecule has 0 unspecified atom stereocenters. The quantitative estimate of drug-likeness (QED) is 0.191. The van der Waals surface area contributed by atoms with Gasteiger partial charge < -0.3 is 15.4 Å². The average Bonchev–Trinajstić information content (AvgIpc) is 2.94. The minimum atomic E-state index is -0.501. The molecule has 3 aromatic rings. The van der Waals surface area contributed by atoms with E-state index in [9.17, 15) is 14.0 Å². The molecule has 0 saturated carbocycles. The second-order valence-corrected chi connectivity index (χ2v) is 9.64. The Kier molecular flexibility index (Phi) is 10.1. The van der Waals surface area contributed by atoms with E-state index in [0.717, 1.165) is 45.0 Å². The highest BCUT2D eigenvalue weighted by molar-refractivity contribution is 9.10. The fourth-order valence-corrected chi connectivity index (χ4v) is 4.21. The summed E-state index contributed by atoms with van der Waals surface area (Å²) in [6.45, 7) is 6.09. The zero-order valence-corrected chi connectivity index (χ0v) is 22.3. The first kappa shape index (κ1) is 27.6. The summed E-state index contributed by atoms with van der Waals surface area (Å²) < 4.78 is 19.1. The smallest absolute Gasteiger partial charge is 0.273 e. The lowest BCUT2D eigenvalue weighted by molar-refractivity contribution is 0.0384. The standard InChI is InChI=1S/C28H29BrFN5O3/c29-23-7-10-26(25(17-23)28(37)34-32-19-21-3-8-24(30)9-4-21)33-27(36)22-5-1-20(2-6-22)18-31-11-12-35-13-15-38-16-14-35/h1-10,17,19,31H,11-16,18H2,(H,33,36)(H,34,37)/b32-19+. The van der Waals surface area contributed by atoms with Crippen LogP contribution in [0.2, 0.25) is 0 Å². The predicted octanol–water partition coefficient (Wildman–Crippen LogP) is 4.03. The number of rotatable bonds is 10. The Labute approximate surface area is 229 Å². The highest BCUT2D eigenvalue weighted by Crippen LogP contribution is 2.22. The van der Waals surface area contributed by atoms with Gasteiger partial charge in [0, 0.05) is 42.8 Å². The van der Waals surface area contributed by atoms with Gasteiger partial charge in [-0.3, -0.25) is 14.5 Å². The molecule has 0 aliphatic carbocycles. The summed E-state index contributed by atoms with van der Waals surface area (Å²) >= 11 is 3.36. The van der Waals surface area contributed by atoms with Gasteiger partial charge in [0.15, 0.2) is 0 Å². The van der Waals surface area contributed by atoms with E-state index in [1.54, 1.807) is 42.5 Å². The number of nitrogens with zero attached hydrogens (tertiary/aromatic N) is 2. The van der Waals surface area contributed by atoms with Gasteiger partial charge in [0.05, 0.1) is 30.7 Å². The van der Waals surface area contributed by atoms with Crippen LogP contribution in [0.3, 0.4) is 0 Å². The summed E-state index contributed by atoms with van der Waals surface area (Å²) in [5.74, 6) is -1.19. The monoisotopic (exact) mass is 581 g/mol. The molecule has 38 heavy (non-hydrogen) atoms. The minimum Gasteiger partial charge on any atom is -0.379 e. The summed E-state index contributed by atoms with van der Waals surface area (Å²) in [6, 6.07) is 18.0. The van der Waals surface area contributed by atoms with E-state index in [2.05, 4.69) is 42.0 Å². The molecule has 3 N–H and O–H groups in total. The summed E-state index contributed by atoms with van der Waals surface area (Å²) in [5.41, 5.74) is 5.22. The number of benzene rings is 3. The molecule has 2 amide bonds. The van der Waals surface area contributed by atoms with Crippen LogP contribution >= 0.6 is 15.9 Å². The first-order valence-corrected chi connectivity index (χ1v) is 13.1. The van der Waals surface area contributed by atoms with Crippen LogP contribution in [0.5, 0.6) is 0 Å². The third kappa shape index (κ3) is 8.29. The number of hydrogen-bond acceptors (Lipinski definition) is 6. The average molecular weight is 582 g/mol. The number of anilines is 1. The van der Waals surface area contributed by atoms with E-state index in [4.69, 9.17) is 4.74 Å². The molecule has 1 heterocycles. The van der Waals surface area contributed by atoms with Gasteiger partial charge >= 0.3 is 0 Å². The van der Waals surface area contributed by atoms with Gasteiger partial charge in [-0.15, -0.1) is 0 Å². The van der Waals surface area contributed by atoms with Crippen molar-refractivity contribution in [2.75, 3.05) is 44.7 Å². The second-order valence-electron chi connectivity index (χ2n) is 8.72. The Morgan fingerprint density at radius 3 is 2.47 bits per heavy atom. The molecule has 10 heteroatoms. The SMILES string of the molecule is O=C(Nc1ccc(Br)cc1C(=O)N/N=C/c1ccc(F)cc1)c1ccc(CNCCN2CCOCC2)cc1. The molecule has 0 spiro atoms. The fourth-order valence-electron chi connectivity index (χ4n) is 3.85. The number of amides is 2. The molecule has 0 atom stereocenters.